The normalized spacial score (nSPS) is 15.0. The summed E-state index contributed by atoms with van der Waals surface area (Å²) in [6, 6.07) is 52.8. The van der Waals surface area contributed by atoms with Crippen LogP contribution in [0.4, 0.5) is 39.2 Å². The van der Waals surface area contributed by atoms with Crippen LogP contribution in [0.25, 0.3) is 179 Å². The first-order valence-electron chi connectivity index (χ1n) is 44.4. The molecule has 0 unspecified atom stereocenters. The van der Waals surface area contributed by atoms with Crippen molar-refractivity contribution >= 4 is 167 Å². The van der Waals surface area contributed by atoms with Crippen LogP contribution in [0.3, 0.4) is 0 Å². The number of hydrogen-bond acceptors (Lipinski definition) is 35. The molecule has 5 fully saturated rings. The lowest BCUT2D eigenvalue weighted by Crippen LogP contribution is -2.37. The van der Waals surface area contributed by atoms with Crippen LogP contribution in [-0.4, -0.2) is 236 Å². The third-order valence-electron chi connectivity index (χ3n) is 23.6. The second-order valence-corrected chi connectivity index (χ2v) is 35.0. The molecule has 0 bridgehead atoms. The number of aromatic hydroxyl groups is 1. The Morgan fingerprint density at radius 2 is 0.642 bits per heavy atom. The molecule has 0 amide bonds. The molecule has 21 heterocycles. The lowest BCUT2D eigenvalue weighted by molar-refractivity contribution is 0.122. The zero-order chi connectivity index (χ0) is 92.6. The Hall–Kier alpha value is -16.2. The monoisotopic (exact) mass is 1860 g/mol. The minimum Gasteiger partial charge on any atom is -0.508 e. The van der Waals surface area contributed by atoms with E-state index in [4.69, 9.17) is 96.4 Å². The Balaban J connectivity index is 0.0000000992. The lowest BCUT2D eigenvalue weighted by atomic mass is 10.1. The number of hydrogen-bond donors (Lipinski definition) is 4. The number of sulfone groups is 1. The molecule has 5 aliphatic rings. The Morgan fingerprint density at radius 3 is 0.971 bits per heavy atom. The Bertz CT molecular complexity index is 7890. The van der Waals surface area contributed by atoms with Crippen LogP contribution in [0.15, 0.2) is 234 Å². The molecule has 0 aliphatic carbocycles. The number of furan rings is 5. The number of phenols is 1. The van der Waals surface area contributed by atoms with Crippen molar-refractivity contribution in [2.45, 2.75) is 5.75 Å². The fourth-order valence-corrected chi connectivity index (χ4v) is 17.9. The largest absolute Gasteiger partial charge is 0.508 e. The van der Waals surface area contributed by atoms with Gasteiger partial charge < -0.3 is 91.1 Å². The zero-order valence-corrected chi connectivity index (χ0v) is 74.4. The topological polar surface area (TPSA) is 450 Å². The molecule has 688 valence electrons. The number of nitrogen functional groups attached to an aromatic ring is 1. The van der Waals surface area contributed by atoms with Gasteiger partial charge in [-0.05, 0) is 127 Å². The highest BCUT2D eigenvalue weighted by atomic mass is 32.2. The molecule has 21 aromatic rings. The maximum Gasteiger partial charge on any atom is 0.323 e. The average Bonchev–Trinajstić information content (AvgIpc) is 1.61. The highest BCUT2D eigenvalue weighted by Crippen LogP contribution is 2.42. The molecule has 5 N–H and O–H groups in total. The van der Waals surface area contributed by atoms with E-state index in [1.165, 1.54) is 18.4 Å². The van der Waals surface area contributed by atoms with Crippen LogP contribution in [-0.2, 0) is 39.3 Å². The number of fused-ring (bicyclic) bond motifs is 16. The molecule has 16 aromatic heterocycles. The standard InChI is InChI=1S/C21H20N4O4S.C20H16N6O3.C19H15FN4O2.C19H17N5O2.C19H16N4O3/c1-30(26,27)13-14-4-2-5-15(12-14)19-23-17-16-6-3-7-22-21(16)29-18(17)20(24-19)25-8-10-28-11-9-25;27-20-22-13-4-3-11(10-14(13)23-20)17-24-15-12-2-1-5-21-19(12)29-16(15)18(25-17)26-6-8-28-9-7-26;2*20-13-4-1-3-12(11-13)17-22-15-14-5-2-6-21-19(14)26-16(15)18(23-17)24-7-9-25-10-8-24;24-13-4-1-3-12(11-13)17-21-15-14-5-2-6-20-19(14)26-16(15)18(22-17)23-7-9-25-10-8-23/h2-7,12H,8-11,13H2,1H3;1-5,10H,6-9H2,(H2,22,23,27);1-6,11H,7-10H2;1-6,11H,7-10,20H2;1-6,11,24H,7-10H2. The van der Waals surface area contributed by atoms with Gasteiger partial charge in [-0.3, -0.25) is 0 Å². The number of phenolic OH excluding ortho intramolecular Hbond substituents is 1. The minimum absolute atomic E-state index is 0.0298. The van der Waals surface area contributed by atoms with Gasteiger partial charge in [-0.1, -0.05) is 54.6 Å². The molecule has 39 heteroatoms. The molecule has 5 saturated heterocycles. The number of aromatic nitrogens is 17. The minimum atomic E-state index is -3.14. The third kappa shape index (κ3) is 17.9. The molecule has 5 aromatic carbocycles. The van der Waals surface area contributed by atoms with E-state index in [-0.39, 0.29) is 23.0 Å². The molecule has 0 saturated carbocycles. The summed E-state index contributed by atoms with van der Waals surface area (Å²) in [6.45, 7) is 13.6. The highest BCUT2D eigenvalue weighted by Gasteiger charge is 2.31. The summed E-state index contributed by atoms with van der Waals surface area (Å²) in [7, 11) is -3.14. The summed E-state index contributed by atoms with van der Waals surface area (Å²) >= 11 is 0. The number of morpholine rings is 5. The van der Waals surface area contributed by atoms with Crippen molar-refractivity contribution in [3.05, 3.63) is 229 Å². The summed E-state index contributed by atoms with van der Waals surface area (Å²) in [4.78, 5) is 97.0. The number of ether oxygens (including phenoxy) is 5. The quantitative estimate of drug-likeness (QED) is 0.0825. The fraction of sp³-hybridized carbons (Fsp3) is 0.224. The van der Waals surface area contributed by atoms with E-state index in [0.717, 1.165) is 128 Å². The van der Waals surface area contributed by atoms with Gasteiger partial charge in [0.25, 0.3) is 0 Å². The zero-order valence-electron chi connectivity index (χ0n) is 73.5. The van der Waals surface area contributed by atoms with Gasteiger partial charge in [-0.15, -0.1) is 0 Å². The van der Waals surface area contributed by atoms with Gasteiger partial charge in [0, 0.05) is 136 Å². The lowest BCUT2D eigenvalue weighted by Gasteiger charge is -2.27. The summed E-state index contributed by atoms with van der Waals surface area (Å²) < 4.78 is 94.5. The number of nitrogens with two attached hydrogens (primary N) is 1. The van der Waals surface area contributed by atoms with Crippen molar-refractivity contribution in [3.8, 4) is 62.7 Å². The van der Waals surface area contributed by atoms with Crippen LogP contribution in [0.1, 0.15) is 5.56 Å². The summed E-state index contributed by atoms with van der Waals surface area (Å²) in [6.07, 6.45) is 9.70. The Labute approximate surface area is 776 Å². The first-order valence-corrected chi connectivity index (χ1v) is 46.5. The van der Waals surface area contributed by atoms with Gasteiger partial charge in [0.05, 0.1) is 110 Å². The van der Waals surface area contributed by atoms with Gasteiger partial charge in [-0.25, -0.2) is 92.4 Å². The molecule has 137 heavy (non-hydrogen) atoms. The van der Waals surface area contributed by atoms with Crippen molar-refractivity contribution in [2.24, 2.45) is 0 Å². The number of rotatable bonds is 12. The van der Waals surface area contributed by atoms with Gasteiger partial charge in [0.1, 0.15) is 39.2 Å². The predicted octanol–water partition coefficient (Wildman–Crippen LogP) is 14.5. The van der Waals surface area contributed by atoms with E-state index in [0.29, 0.717) is 223 Å². The first-order chi connectivity index (χ1) is 67.1. The van der Waals surface area contributed by atoms with Crippen molar-refractivity contribution in [3.63, 3.8) is 0 Å². The second-order valence-electron chi connectivity index (χ2n) is 32.8. The highest BCUT2D eigenvalue weighted by molar-refractivity contribution is 7.89. The molecular formula is C98H84FN23O14S. The number of pyridine rings is 5. The van der Waals surface area contributed by atoms with E-state index in [1.54, 1.807) is 67.4 Å². The summed E-state index contributed by atoms with van der Waals surface area (Å²) in [5.74, 6) is 6.16. The van der Waals surface area contributed by atoms with Crippen molar-refractivity contribution in [1.82, 2.24) is 84.7 Å². The van der Waals surface area contributed by atoms with Gasteiger partial charge in [0.15, 0.2) is 96.0 Å². The van der Waals surface area contributed by atoms with Crippen LogP contribution < -0.4 is 35.9 Å². The average molecular weight is 1860 g/mol. The summed E-state index contributed by atoms with van der Waals surface area (Å²) in [5, 5.41) is 14.0. The first kappa shape index (κ1) is 86.2. The number of nitrogens with one attached hydrogen (secondary N) is 2. The molecule has 0 radical (unpaired) electrons. The van der Waals surface area contributed by atoms with Crippen molar-refractivity contribution in [2.75, 3.05) is 168 Å². The van der Waals surface area contributed by atoms with Crippen LogP contribution in [0.2, 0.25) is 0 Å². The second kappa shape index (κ2) is 37.3. The smallest absolute Gasteiger partial charge is 0.323 e. The fourth-order valence-electron chi connectivity index (χ4n) is 17.1. The van der Waals surface area contributed by atoms with E-state index in [1.807, 2.05) is 127 Å². The van der Waals surface area contributed by atoms with Gasteiger partial charge in [-0.2, -0.15) is 0 Å². The van der Waals surface area contributed by atoms with Crippen molar-refractivity contribution in [1.29, 1.82) is 0 Å². The van der Waals surface area contributed by atoms with Crippen LogP contribution >= 0.6 is 0 Å². The number of imidazole rings is 1. The van der Waals surface area contributed by atoms with Crippen molar-refractivity contribution < 1.29 is 63.7 Å². The van der Waals surface area contributed by atoms with Crippen LogP contribution in [0.5, 0.6) is 5.75 Å². The van der Waals surface area contributed by atoms with E-state index in [9.17, 15) is 22.7 Å². The maximum atomic E-state index is 13.7. The van der Waals surface area contributed by atoms with Crippen LogP contribution in [0, 0.1) is 5.82 Å². The molecule has 37 nitrogen and oxygen atoms in total. The van der Waals surface area contributed by atoms with Gasteiger partial charge >= 0.3 is 5.69 Å². The number of benzene rings is 5. The third-order valence-corrected chi connectivity index (χ3v) is 24.5. The number of nitrogens with zero attached hydrogens (tertiary/aromatic N) is 20. The summed E-state index contributed by atoms with van der Waals surface area (Å²) in [5.41, 5.74) is 21.7. The molecule has 26 rings (SSSR count). The molecule has 0 atom stereocenters. The van der Waals surface area contributed by atoms with E-state index >= 15 is 0 Å². The number of anilines is 6. The molecule has 0 spiro atoms. The maximum absolute atomic E-state index is 13.7. The van der Waals surface area contributed by atoms with Gasteiger partial charge in [0.2, 0.25) is 28.6 Å². The Morgan fingerprint density at radius 1 is 0.343 bits per heavy atom. The number of halogens is 1. The van der Waals surface area contributed by atoms with E-state index in [2.05, 4.69) is 64.4 Å². The Kier molecular flexibility index (Phi) is 23.5. The SMILES string of the molecule is CS(=O)(=O)Cc1cccc(-c2nc(N3CCOCC3)c3oc4ncccc4c3n2)c1.Fc1cccc(-c2nc(N3CCOCC3)c3oc4ncccc4c3n2)c1.Nc1cccc(-c2nc(N3CCOCC3)c3oc4ncccc4c3n2)c1.O=c1[nH]c2ccc(-c3nc(N4CCOCC4)c4oc5ncccc5c4n3)cc2[nH]1.Oc1cccc(-c2nc(N3CCOCC3)c3oc4ncccc4c3n2)c1. The predicted molar refractivity (Wildman–Crippen MR) is 515 cm³/mol. The number of H-pyrrole nitrogens is 2. The number of aromatic amines is 2. The molecule has 5 aliphatic heterocycles. The van der Waals surface area contributed by atoms with E-state index < -0.39 is 9.84 Å². The molecular weight excluding hydrogens is 1770 g/mol.